The van der Waals surface area contributed by atoms with Crippen LogP contribution in [0.2, 0.25) is 0 Å². The zero-order valence-corrected chi connectivity index (χ0v) is 22.8. The van der Waals surface area contributed by atoms with Crippen molar-refractivity contribution in [3.8, 4) is 0 Å². The fourth-order valence-electron chi connectivity index (χ4n) is 5.23. The normalized spacial score (nSPS) is 21.5. The Labute approximate surface area is 236 Å². The van der Waals surface area contributed by atoms with E-state index in [9.17, 15) is 39.2 Å². The number of nitro benzene ring substituents is 1. The molecule has 3 N–H and O–H groups in total. The number of rotatable bonds is 7. The number of hydrogen-bond donors (Lipinski definition) is 3. The molecule has 13 nitrogen and oxygen atoms in total. The van der Waals surface area contributed by atoms with Crippen LogP contribution in [0.5, 0.6) is 0 Å². The minimum atomic E-state index is -1.37. The summed E-state index contributed by atoms with van der Waals surface area (Å²) in [7, 11) is 0. The molecule has 2 aliphatic rings. The van der Waals surface area contributed by atoms with Gasteiger partial charge in [0.2, 0.25) is 17.2 Å². The third-order valence-corrected chi connectivity index (χ3v) is 8.76. The van der Waals surface area contributed by atoms with Gasteiger partial charge in [0.25, 0.3) is 11.6 Å². The van der Waals surface area contributed by atoms with Crippen molar-refractivity contribution < 1.29 is 33.6 Å². The predicted octanol–water partition coefficient (Wildman–Crippen LogP) is 2.11. The summed E-state index contributed by atoms with van der Waals surface area (Å²) in [6.07, 6.45) is 0.871. The van der Waals surface area contributed by atoms with Crippen molar-refractivity contribution in [1.82, 2.24) is 15.5 Å². The zero-order valence-electron chi connectivity index (χ0n) is 21.9. The number of β-lactam (4-membered cyclic amide) rings is 1. The number of nitrogens with zero attached hydrogens (tertiary/aromatic N) is 2. The summed E-state index contributed by atoms with van der Waals surface area (Å²) in [5.74, 6) is -3.51. The lowest BCUT2D eigenvalue weighted by molar-refractivity contribution is -0.383. The van der Waals surface area contributed by atoms with E-state index in [1.165, 1.54) is 35.7 Å². The number of carboxylic acids is 1. The lowest BCUT2D eigenvalue weighted by Crippen LogP contribution is -2.71. The molecule has 41 heavy (non-hydrogen) atoms. The maximum absolute atomic E-state index is 13.5. The van der Waals surface area contributed by atoms with Crippen molar-refractivity contribution in [3.63, 3.8) is 0 Å². The topological polar surface area (TPSA) is 189 Å². The number of hydrogen-bond acceptors (Lipinski definition) is 9. The summed E-state index contributed by atoms with van der Waals surface area (Å²) in [5, 5.41) is 25.4. The molecule has 3 heterocycles. The van der Waals surface area contributed by atoms with E-state index >= 15 is 0 Å². The molecule has 1 unspecified atom stereocenters. The molecule has 0 bridgehead atoms. The molecule has 0 aliphatic carbocycles. The van der Waals surface area contributed by atoms with Crippen LogP contribution >= 0.6 is 11.8 Å². The van der Waals surface area contributed by atoms with Crippen molar-refractivity contribution in [2.24, 2.45) is 0 Å². The van der Waals surface area contributed by atoms with Crippen molar-refractivity contribution in [3.05, 3.63) is 85.8 Å². The number of carboxylic acid groups (broad SMARTS) is 1. The minimum absolute atomic E-state index is 0.0779. The van der Waals surface area contributed by atoms with Gasteiger partial charge >= 0.3 is 5.97 Å². The molecule has 2 fully saturated rings. The van der Waals surface area contributed by atoms with Crippen molar-refractivity contribution in [2.45, 2.75) is 49.0 Å². The van der Waals surface area contributed by atoms with E-state index in [1.807, 2.05) is 0 Å². The van der Waals surface area contributed by atoms with E-state index in [-0.39, 0.29) is 16.5 Å². The third-order valence-electron chi connectivity index (χ3n) is 7.19. The second-order valence-corrected chi connectivity index (χ2v) is 12.0. The number of thioether (sulfide) groups is 1. The molecule has 3 amide bonds. The Morgan fingerprint density at radius 1 is 1.15 bits per heavy atom. The molecule has 212 valence electrons. The van der Waals surface area contributed by atoms with E-state index in [0.29, 0.717) is 5.56 Å². The Morgan fingerprint density at radius 3 is 2.46 bits per heavy atom. The molecule has 3 aromatic rings. The van der Waals surface area contributed by atoms with E-state index in [4.69, 9.17) is 4.42 Å². The van der Waals surface area contributed by atoms with Gasteiger partial charge < -0.3 is 25.1 Å². The van der Waals surface area contributed by atoms with Gasteiger partial charge in [0.15, 0.2) is 0 Å². The summed E-state index contributed by atoms with van der Waals surface area (Å²) >= 11 is 1.25. The van der Waals surface area contributed by atoms with Gasteiger partial charge in [-0.2, -0.15) is 0 Å². The van der Waals surface area contributed by atoms with Crippen LogP contribution in [0.4, 0.5) is 5.69 Å². The third kappa shape index (κ3) is 4.59. The van der Waals surface area contributed by atoms with Crippen LogP contribution in [-0.4, -0.2) is 60.8 Å². The Kier molecular flexibility index (Phi) is 6.81. The zero-order chi connectivity index (χ0) is 29.8. The number of aliphatic carboxylic acids is 1. The number of carbonyl (C=O) groups is 4. The molecule has 1 aromatic heterocycles. The first-order chi connectivity index (χ1) is 19.3. The minimum Gasteiger partial charge on any atom is -0.480 e. The first kappa shape index (κ1) is 27.8. The molecule has 2 aliphatic heterocycles. The van der Waals surface area contributed by atoms with Gasteiger partial charge in [-0.15, -0.1) is 11.8 Å². The molecule has 2 saturated heterocycles. The SMILES string of the molecule is Cc1ccc2occ(C(=O)NC(C(=O)N[C@@H]3C(=O)N4[C@@H]3SC(C)(C)[C@@H]4C(=O)O)c3ccccc3)c(=O)c2c1[N+](=O)[O-]. The first-order valence-corrected chi connectivity index (χ1v) is 13.3. The summed E-state index contributed by atoms with van der Waals surface area (Å²) in [4.78, 5) is 76.9. The molecular formula is C27H24N4O9S. The van der Waals surface area contributed by atoms with E-state index in [0.717, 1.165) is 6.26 Å². The molecule has 4 atom stereocenters. The predicted molar refractivity (Wildman–Crippen MR) is 146 cm³/mol. The van der Waals surface area contributed by atoms with Crippen LogP contribution in [-0.2, 0) is 14.4 Å². The lowest BCUT2D eigenvalue weighted by atomic mass is 9.95. The van der Waals surface area contributed by atoms with Crippen LogP contribution in [0.1, 0.15) is 41.4 Å². The molecule has 0 spiro atoms. The maximum atomic E-state index is 13.5. The number of aryl methyl sites for hydroxylation is 1. The van der Waals surface area contributed by atoms with Gasteiger partial charge in [-0.25, -0.2) is 4.79 Å². The Morgan fingerprint density at radius 2 is 1.83 bits per heavy atom. The van der Waals surface area contributed by atoms with Crippen LogP contribution in [0.25, 0.3) is 11.0 Å². The van der Waals surface area contributed by atoms with E-state index in [2.05, 4.69) is 10.6 Å². The summed E-state index contributed by atoms with van der Waals surface area (Å²) < 4.78 is 4.57. The van der Waals surface area contributed by atoms with Gasteiger partial charge in [0, 0.05) is 10.3 Å². The Balaban J connectivity index is 1.44. The highest BCUT2D eigenvalue weighted by Crippen LogP contribution is 2.50. The smallest absolute Gasteiger partial charge is 0.327 e. The first-order valence-electron chi connectivity index (χ1n) is 12.4. The van der Waals surface area contributed by atoms with Crippen LogP contribution < -0.4 is 16.1 Å². The number of nitrogens with one attached hydrogen (secondary N) is 2. The van der Waals surface area contributed by atoms with Crippen LogP contribution in [0.15, 0.2) is 57.9 Å². The number of nitro groups is 1. The number of benzene rings is 2. The van der Waals surface area contributed by atoms with Crippen molar-refractivity contribution >= 4 is 52.1 Å². The van der Waals surface area contributed by atoms with Crippen molar-refractivity contribution in [1.29, 1.82) is 0 Å². The molecule has 14 heteroatoms. The summed E-state index contributed by atoms with van der Waals surface area (Å²) in [6.45, 7) is 4.86. The summed E-state index contributed by atoms with van der Waals surface area (Å²) in [5.41, 5.74) is -1.54. The fourth-order valence-corrected chi connectivity index (χ4v) is 6.86. The highest BCUT2D eigenvalue weighted by Gasteiger charge is 2.64. The Bertz CT molecular complexity index is 1690. The Hall–Kier alpha value is -4.72. The van der Waals surface area contributed by atoms with Gasteiger partial charge in [-0.1, -0.05) is 30.3 Å². The van der Waals surface area contributed by atoms with Gasteiger partial charge in [-0.05, 0) is 38.5 Å². The number of fused-ring (bicyclic) bond motifs is 2. The lowest BCUT2D eigenvalue weighted by Gasteiger charge is -2.44. The van der Waals surface area contributed by atoms with Gasteiger partial charge in [-0.3, -0.25) is 29.3 Å². The van der Waals surface area contributed by atoms with Crippen molar-refractivity contribution in [2.75, 3.05) is 0 Å². The second-order valence-electron chi connectivity index (χ2n) is 10.2. The molecule has 0 radical (unpaired) electrons. The van der Waals surface area contributed by atoms with Crippen LogP contribution in [0.3, 0.4) is 0 Å². The molecule has 5 rings (SSSR count). The number of amides is 3. The van der Waals surface area contributed by atoms with Gasteiger partial charge in [0.05, 0.1) is 4.92 Å². The average Bonchev–Trinajstić information content (AvgIpc) is 3.18. The molecule has 0 saturated carbocycles. The number of carbonyl (C=O) groups excluding carboxylic acids is 3. The monoisotopic (exact) mass is 580 g/mol. The van der Waals surface area contributed by atoms with E-state index < -0.39 is 73.5 Å². The fraction of sp³-hybridized carbons (Fsp3) is 0.296. The van der Waals surface area contributed by atoms with Crippen LogP contribution in [0, 0.1) is 17.0 Å². The highest BCUT2D eigenvalue weighted by atomic mass is 32.2. The highest BCUT2D eigenvalue weighted by molar-refractivity contribution is 8.01. The average molecular weight is 581 g/mol. The quantitative estimate of drug-likeness (QED) is 0.212. The second kappa shape index (κ2) is 10.0. The summed E-state index contributed by atoms with van der Waals surface area (Å²) in [6, 6.07) is 7.40. The van der Waals surface area contributed by atoms with Gasteiger partial charge in [0.1, 0.15) is 46.3 Å². The molecule has 2 aromatic carbocycles. The van der Waals surface area contributed by atoms with E-state index in [1.54, 1.807) is 44.2 Å². The largest absolute Gasteiger partial charge is 0.480 e. The standard InChI is InChI=1S/C27H24N4O9S/c1-12-9-10-15-16(19(12)31(38)39)20(32)14(11-40-15)22(33)28-17(13-7-5-4-6-8-13)23(34)29-18-24(35)30-21(26(36)37)27(2,3)41-25(18)30/h4-11,17-18,21,25H,1-3H3,(H,28,33)(H,29,34)(H,36,37)/t17?,18-,21+,25-/m1/s1. The molecular weight excluding hydrogens is 556 g/mol. The maximum Gasteiger partial charge on any atom is 0.327 e.